The lowest BCUT2D eigenvalue weighted by molar-refractivity contribution is -0.355. The van der Waals surface area contributed by atoms with Crippen LogP contribution in [0.1, 0.15) is 118 Å². The average molecular weight is 1210 g/mol. The third-order valence-electron chi connectivity index (χ3n) is 17.1. The minimum absolute atomic E-state index is 0.0241. The molecule has 2 saturated heterocycles. The van der Waals surface area contributed by atoms with Gasteiger partial charge in [-0.25, -0.2) is 14.4 Å². The van der Waals surface area contributed by atoms with E-state index >= 15 is 4.79 Å². The first-order chi connectivity index (χ1) is 43.4. The van der Waals surface area contributed by atoms with Gasteiger partial charge in [0.25, 0.3) is 0 Å². The van der Waals surface area contributed by atoms with Crippen LogP contribution in [0.15, 0.2) is 212 Å². The van der Waals surface area contributed by atoms with Crippen molar-refractivity contribution in [1.82, 2.24) is 0 Å². The van der Waals surface area contributed by atoms with Crippen LogP contribution < -0.4 is 0 Å². The smallest absolute Gasteiger partial charge is 0.338 e. The van der Waals surface area contributed by atoms with Crippen LogP contribution in [0.2, 0.25) is 0 Å². The predicted octanol–water partition coefficient (Wildman–Crippen LogP) is 14.4. The molecular formula is C74H80O13S. The molecule has 7 aromatic rings. The highest BCUT2D eigenvalue weighted by molar-refractivity contribution is 8.00. The van der Waals surface area contributed by atoms with Crippen LogP contribution in [0.25, 0.3) is 0 Å². The quantitative estimate of drug-likeness (QED) is 0.0375. The van der Waals surface area contributed by atoms with Gasteiger partial charge in [-0.3, -0.25) is 0 Å². The molecule has 0 aromatic heterocycles. The van der Waals surface area contributed by atoms with Crippen molar-refractivity contribution >= 4 is 29.7 Å². The molecule has 7 aromatic carbocycles. The van der Waals surface area contributed by atoms with Gasteiger partial charge in [-0.2, -0.15) is 0 Å². The maximum absolute atomic E-state index is 15.1. The van der Waals surface area contributed by atoms with Crippen molar-refractivity contribution in [3.05, 3.63) is 251 Å². The normalized spacial score (nSPS) is 24.3. The van der Waals surface area contributed by atoms with Gasteiger partial charge >= 0.3 is 17.9 Å². The van der Waals surface area contributed by atoms with Crippen LogP contribution >= 0.6 is 11.8 Å². The summed E-state index contributed by atoms with van der Waals surface area (Å²) in [7, 11) is 0. The Morgan fingerprint density at radius 3 is 1.24 bits per heavy atom. The van der Waals surface area contributed by atoms with E-state index < -0.39 is 78.5 Å². The number of hydrogen-bond acceptors (Lipinski definition) is 14. The molecule has 88 heavy (non-hydrogen) atoms. The summed E-state index contributed by atoms with van der Waals surface area (Å²) in [5, 5.41) is 0.114. The van der Waals surface area contributed by atoms with E-state index in [0.29, 0.717) is 23.0 Å². The van der Waals surface area contributed by atoms with Crippen LogP contribution in [-0.2, 0) is 73.8 Å². The molecule has 0 unspecified atom stereocenters. The molecule has 2 aliphatic carbocycles. The first kappa shape index (κ1) is 62.6. The van der Waals surface area contributed by atoms with Crippen molar-refractivity contribution in [2.75, 3.05) is 13.2 Å². The van der Waals surface area contributed by atoms with Crippen molar-refractivity contribution in [3.63, 3.8) is 0 Å². The maximum Gasteiger partial charge on any atom is 0.338 e. The number of carbonyl (C=O) groups excluding carboxylic acids is 3. The Hall–Kier alpha value is -6.98. The molecule has 0 radical (unpaired) electrons. The highest BCUT2D eigenvalue weighted by Crippen LogP contribution is 2.47. The third kappa shape index (κ3) is 17.2. The Kier molecular flexibility index (Phi) is 23.1. The molecule has 0 amide bonds. The highest BCUT2D eigenvalue weighted by Gasteiger charge is 2.57. The van der Waals surface area contributed by atoms with Crippen molar-refractivity contribution in [1.29, 1.82) is 0 Å². The predicted molar refractivity (Wildman–Crippen MR) is 336 cm³/mol. The van der Waals surface area contributed by atoms with Crippen molar-refractivity contribution in [2.24, 2.45) is 11.8 Å². The standard InChI is InChI=1S/C74H80O13S/c75-70(58-40-22-7-23-41-58)82-51-62-64(66(85-71(76)59-42-24-8-25-43-59)68(86-72(77)60-44-26-9-27-45-60)74(84-62)88-69(56-36-18-5-19-37-56)57-38-20-6-21-39-57)87-73-67(81-49-55-34-16-4-17-35-55)65(80-48-54-32-14-3-15-33-54)63(79-47-53-30-12-2-13-31-53)61(83-73)50-78-46-52-28-10-1-11-29-52/h1-4,7-17,22-35,40-45,56-57,61-69,73-74H,5-6,18-21,36-39,46-51H2/t61-,62-,63+,64+,65+,66+,67-,68-,73-,74-/m1/s1. The van der Waals surface area contributed by atoms with Crippen molar-refractivity contribution < 1.29 is 61.8 Å². The monoisotopic (exact) mass is 1210 g/mol. The SMILES string of the molecule is O=C(OC[C@H]1O[C@H](SC(C2CCCCC2)C2CCCCC2)[C@H](OC(=O)c2ccccc2)[C@@H](OC(=O)c2ccccc2)[C@H]1O[C@H]1O[C@H](COCc2ccccc2)[C@H](OCc2ccccc2)[C@H](OCc2ccccc2)[C@H]1OCc1ccccc1)c1ccccc1. The average Bonchev–Trinajstić information content (AvgIpc) is 2.69. The van der Waals surface area contributed by atoms with E-state index in [-0.39, 0.29) is 50.5 Å². The molecule has 0 bridgehead atoms. The van der Waals surface area contributed by atoms with Crippen LogP contribution in [0.4, 0.5) is 0 Å². The van der Waals surface area contributed by atoms with Gasteiger partial charge in [-0.05, 0) is 96.2 Å². The minimum Gasteiger partial charge on any atom is -0.459 e. The molecule has 0 spiro atoms. The summed E-state index contributed by atoms with van der Waals surface area (Å²) in [5.41, 5.74) is 3.63. The van der Waals surface area contributed by atoms with Gasteiger partial charge in [0.2, 0.25) is 0 Å². The molecule has 2 heterocycles. The molecule has 2 aliphatic heterocycles. The van der Waals surface area contributed by atoms with Gasteiger partial charge in [0.1, 0.15) is 48.7 Å². The highest BCUT2D eigenvalue weighted by atomic mass is 32.2. The van der Waals surface area contributed by atoms with Crippen LogP contribution in [0.3, 0.4) is 0 Å². The fourth-order valence-corrected chi connectivity index (χ4v) is 14.5. The lowest BCUT2D eigenvalue weighted by Crippen LogP contribution is -2.66. The molecule has 14 heteroatoms. The molecule has 460 valence electrons. The van der Waals surface area contributed by atoms with E-state index in [1.807, 2.05) is 140 Å². The molecule has 0 N–H and O–H groups in total. The van der Waals surface area contributed by atoms with Gasteiger partial charge in [0, 0.05) is 5.25 Å². The first-order valence-electron chi connectivity index (χ1n) is 31.3. The maximum atomic E-state index is 15.1. The van der Waals surface area contributed by atoms with Crippen molar-refractivity contribution in [2.45, 2.75) is 156 Å². The summed E-state index contributed by atoms with van der Waals surface area (Å²) in [6, 6.07) is 65.7. The van der Waals surface area contributed by atoms with Crippen LogP contribution in [0.5, 0.6) is 0 Å². The lowest BCUT2D eigenvalue weighted by atomic mass is 9.77. The third-order valence-corrected chi connectivity index (χ3v) is 18.9. The van der Waals surface area contributed by atoms with Crippen molar-refractivity contribution in [3.8, 4) is 0 Å². The summed E-state index contributed by atoms with van der Waals surface area (Å²) < 4.78 is 70.4. The number of carbonyl (C=O) groups is 3. The molecule has 11 rings (SSSR count). The summed E-state index contributed by atoms with van der Waals surface area (Å²) in [4.78, 5) is 44.3. The number of ether oxygens (including phenoxy) is 10. The van der Waals surface area contributed by atoms with E-state index in [0.717, 1.165) is 73.6 Å². The molecule has 13 nitrogen and oxygen atoms in total. The number of esters is 3. The summed E-state index contributed by atoms with van der Waals surface area (Å²) in [6.07, 6.45) is 0.830. The van der Waals surface area contributed by atoms with Gasteiger partial charge in [-0.15, -0.1) is 11.8 Å². The fraction of sp³-hybridized carbons (Fsp3) is 0.392. The Balaban J connectivity index is 1.04. The second-order valence-electron chi connectivity index (χ2n) is 23.3. The Bertz CT molecular complexity index is 3150. The topological polar surface area (TPSA) is 144 Å². The second kappa shape index (κ2) is 32.5. The largest absolute Gasteiger partial charge is 0.459 e. The van der Waals surface area contributed by atoms with Gasteiger partial charge in [0.15, 0.2) is 18.5 Å². The summed E-state index contributed by atoms with van der Waals surface area (Å²) in [6.45, 7) is 0.398. The molecule has 4 fully saturated rings. The first-order valence-corrected chi connectivity index (χ1v) is 32.3. The Labute approximate surface area is 521 Å². The summed E-state index contributed by atoms with van der Waals surface area (Å²) >= 11 is 1.66. The molecule has 10 atom stereocenters. The number of benzene rings is 7. The summed E-state index contributed by atoms with van der Waals surface area (Å²) in [5.74, 6) is -1.18. The number of rotatable bonds is 26. The van der Waals surface area contributed by atoms with Crippen LogP contribution in [0, 0.1) is 11.8 Å². The van der Waals surface area contributed by atoms with Gasteiger partial charge < -0.3 is 47.4 Å². The number of hydrogen-bond donors (Lipinski definition) is 0. The minimum atomic E-state index is -1.41. The number of thioether (sulfide) groups is 1. The molecular weight excluding hydrogens is 1130 g/mol. The Morgan fingerprint density at radius 2 is 0.773 bits per heavy atom. The fourth-order valence-electron chi connectivity index (χ4n) is 12.6. The van der Waals surface area contributed by atoms with E-state index in [2.05, 4.69) is 0 Å². The zero-order valence-corrected chi connectivity index (χ0v) is 50.6. The molecule has 4 aliphatic rings. The van der Waals surface area contributed by atoms with E-state index in [4.69, 9.17) is 47.4 Å². The molecule has 2 saturated carbocycles. The van der Waals surface area contributed by atoms with Crippen LogP contribution in [-0.4, -0.2) is 96.9 Å². The van der Waals surface area contributed by atoms with E-state index in [1.54, 1.807) is 84.6 Å². The Morgan fingerprint density at radius 1 is 0.386 bits per heavy atom. The zero-order valence-electron chi connectivity index (χ0n) is 49.7. The second-order valence-corrected chi connectivity index (χ2v) is 24.6. The zero-order chi connectivity index (χ0) is 60.1. The van der Waals surface area contributed by atoms with E-state index in [1.165, 1.54) is 12.8 Å². The lowest BCUT2D eigenvalue weighted by Gasteiger charge is -2.50. The van der Waals surface area contributed by atoms with Gasteiger partial charge in [-0.1, -0.05) is 214 Å². The van der Waals surface area contributed by atoms with Gasteiger partial charge in [0.05, 0.1) is 49.7 Å². The van der Waals surface area contributed by atoms with E-state index in [9.17, 15) is 9.59 Å².